The quantitative estimate of drug-likeness (QED) is 0.675. The first-order chi connectivity index (χ1) is 13.6. The van der Waals surface area contributed by atoms with Gasteiger partial charge in [0.25, 0.3) is 0 Å². The summed E-state index contributed by atoms with van der Waals surface area (Å²) in [5, 5.41) is 20.7. The van der Waals surface area contributed by atoms with Crippen LogP contribution in [0.3, 0.4) is 0 Å². The number of Topliss-reactive ketones (excluding diaryl/α,β-unsaturated/α-hetero) is 1. The highest BCUT2D eigenvalue weighted by molar-refractivity contribution is 5.83. The summed E-state index contributed by atoms with van der Waals surface area (Å²) in [4.78, 5) is 13.2. The van der Waals surface area contributed by atoms with Gasteiger partial charge in [-0.3, -0.25) is 4.79 Å². The Morgan fingerprint density at radius 1 is 1.03 bits per heavy atom. The average Bonchev–Trinajstić information content (AvgIpc) is 3.01. The Morgan fingerprint density at radius 2 is 1.72 bits per heavy atom. The first-order valence-electron chi connectivity index (χ1n) is 12.5. The van der Waals surface area contributed by atoms with Crippen LogP contribution in [0.15, 0.2) is 0 Å². The summed E-state index contributed by atoms with van der Waals surface area (Å²) in [5.74, 6) is 4.38. The third-order valence-electron chi connectivity index (χ3n) is 10.7. The molecule has 4 aliphatic rings. The van der Waals surface area contributed by atoms with Gasteiger partial charge in [-0.1, -0.05) is 41.0 Å². The van der Waals surface area contributed by atoms with Crippen LogP contribution in [0.4, 0.5) is 0 Å². The molecule has 29 heavy (non-hydrogen) atoms. The van der Waals surface area contributed by atoms with Crippen molar-refractivity contribution in [1.82, 2.24) is 0 Å². The van der Waals surface area contributed by atoms with Gasteiger partial charge in [0.1, 0.15) is 5.78 Å². The molecule has 0 saturated heterocycles. The first-order valence-corrected chi connectivity index (χ1v) is 12.5. The molecule has 3 heteroatoms. The Bertz CT molecular complexity index is 631. The number of carbonyl (C=O) groups excluding carboxylic acids is 1. The van der Waals surface area contributed by atoms with Crippen molar-refractivity contribution in [3.8, 4) is 0 Å². The maximum absolute atomic E-state index is 13.2. The molecule has 0 aromatic carbocycles. The molecule has 0 aromatic heterocycles. The highest BCUT2D eigenvalue weighted by Gasteiger charge is 2.63. The summed E-state index contributed by atoms with van der Waals surface area (Å²) < 4.78 is 0. The molecule has 2 N–H and O–H groups in total. The van der Waals surface area contributed by atoms with Gasteiger partial charge in [0, 0.05) is 12.3 Å². The number of fused-ring (bicyclic) bond motifs is 5. The maximum atomic E-state index is 13.2. The van der Waals surface area contributed by atoms with Crippen LogP contribution in [0, 0.1) is 52.3 Å². The average molecular weight is 405 g/mol. The minimum absolute atomic E-state index is 0.0481. The number of aliphatic hydroxyl groups is 2. The summed E-state index contributed by atoms with van der Waals surface area (Å²) >= 11 is 0. The molecule has 0 unspecified atom stereocenters. The van der Waals surface area contributed by atoms with Crippen molar-refractivity contribution in [3.63, 3.8) is 0 Å². The highest BCUT2D eigenvalue weighted by Crippen LogP contribution is 2.67. The van der Waals surface area contributed by atoms with Gasteiger partial charge in [-0.15, -0.1) is 0 Å². The van der Waals surface area contributed by atoms with Crippen LogP contribution in [-0.2, 0) is 4.79 Å². The van der Waals surface area contributed by atoms with E-state index in [1.807, 2.05) is 0 Å². The summed E-state index contributed by atoms with van der Waals surface area (Å²) in [6.45, 7) is 12.0. The normalized spacial score (nSPS) is 51.7. The van der Waals surface area contributed by atoms with E-state index in [0.29, 0.717) is 41.8 Å². The lowest BCUT2D eigenvalue weighted by Crippen LogP contribution is -2.59. The van der Waals surface area contributed by atoms with Crippen LogP contribution in [0.25, 0.3) is 0 Å². The summed E-state index contributed by atoms with van der Waals surface area (Å²) in [6, 6.07) is 0. The zero-order valence-electron chi connectivity index (χ0n) is 19.4. The van der Waals surface area contributed by atoms with Crippen molar-refractivity contribution in [1.29, 1.82) is 0 Å². The van der Waals surface area contributed by atoms with E-state index in [0.717, 1.165) is 24.2 Å². The molecular formula is C26H44O3. The number of carbonyl (C=O) groups is 1. The minimum atomic E-state index is -0.723. The lowest BCUT2D eigenvalue weighted by atomic mass is 9.44. The molecule has 11 atom stereocenters. The molecule has 0 aromatic rings. The number of aliphatic hydroxyl groups excluding tert-OH is 2. The second kappa shape index (κ2) is 7.62. The second-order valence-corrected chi connectivity index (χ2v) is 12.1. The SMILES string of the molecule is CC[C@H](C)C[C@@H](C)[C@H]1CC[C@H]2[C@@H]3CC(=O)[C@H]4C[C@H](O)[C@H](O)C[C@]4(C)[C@H]3CC[C@]12C. The van der Waals surface area contributed by atoms with Gasteiger partial charge >= 0.3 is 0 Å². The molecule has 4 aliphatic carbocycles. The maximum Gasteiger partial charge on any atom is 0.136 e. The van der Waals surface area contributed by atoms with E-state index >= 15 is 0 Å². The van der Waals surface area contributed by atoms with Crippen LogP contribution < -0.4 is 0 Å². The fourth-order valence-corrected chi connectivity index (χ4v) is 9.01. The van der Waals surface area contributed by atoms with Crippen molar-refractivity contribution < 1.29 is 15.0 Å². The van der Waals surface area contributed by atoms with Crippen LogP contribution in [0.5, 0.6) is 0 Å². The third-order valence-corrected chi connectivity index (χ3v) is 10.7. The van der Waals surface area contributed by atoms with Gasteiger partial charge < -0.3 is 10.2 Å². The van der Waals surface area contributed by atoms with E-state index < -0.39 is 12.2 Å². The van der Waals surface area contributed by atoms with Gasteiger partial charge in [-0.25, -0.2) is 0 Å². The van der Waals surface area contributed by atoms with Crippen LogP contribution in [0.2, 0.25) is 0 Å². The lowest BCUT2D eigenvalue weighted by molar-refractivity contribution is -0.173. The molecule has 0 spiro atoms. The molecule has 0 amide bonds. The van der Waals surface area contributed by atoms with Gasteiger partial charge in [0.2, 0.25) is 0 Å². The predicted octanol–water partition coefficient (Wildman–Crippen LogP) is 5.23. The Hall–Kier alpha value is -0.410. The third kappa shape index (κ3) is 3.34. The van der Waals surface area contributed by atoms with Crippen LogP contribution >= 0.6 is 0 Å². The molecule has 0 heterocycles. The highest BCUT2D eigenvalue weighted by atomic mass is 16.3. The van der Waals surface area contributed by atoms with Gasteiger partial charge in [0.15, 0.2) is 0 Å². The van der Waals surface area contributed by atoms with Crippen molar-refractivity contribution >= 4 is 5.78 Å². The molecule has 0 aliphatic heterocycles. The Balaban J connectivity index is 1.58. The smallest absolute Gasteiger partial charge is 0.136 e. The molecule has 166 valence electrons. The first kappa shape index (κ1) is 21.8. The van der Waals surface area contributed by atoms with E-state index in [2.05, 4.69) is 34.6 Å². The molecule has 4 rings (SSSR count). The zero-order chi connectivity index (χ0) is 21.1. The Labute approximate surface area is 178 Å². The summed E-state index contributed by atoms with van der Waals surface area (Å²) in [5.41, 5.74) is 0.255. The van der Waals surface area contributed by atoms with Crippen LogP contribution in [-0.4, -0.2) is 28.2 Å². The van der Waals surface area contributed by atoms with E-state index in [1.165, 1.54) is 38.5 Å². The second-order valence-electron chi connectivity index (χ2n) is 12.1. The molecule has 4 saturated carbocycles. The van der Waals surface area contributed by atoms with Crippen molar-refractivity contribution in [3.05, 3.63) is 0 Å². The van der Waals surface area contributed by atoms with Crippen molar-refractivity contribution in [2.45, 2.75) is 105 Å². The zero-order valence-corrected chi connectivity index (χ0v) is 19.4. The molecule has 0 bridgehead atoms. The summed E-state index contributed by atoms with van der Waals surface area (Å²) in [6.07, 6.45) is 8.10. The Kier molecular flexibility index (Phi) is 5.73. The molecule has 3 nitrogen and oxygen atoms in total. The molecular weight excluding hydrogens is 360 g/mol. The van der Waals surface area contributed by atoms with E-state index in [1.54, 1.807) is 0 Å². The lowest BCUT2D eigenvalue weighted by Gasteiger charge is -2.61. The van der Waals surface area contributed by atoms with E-state index in [4.69, 9.17) is 0 Å². The predicted molar refractivity (Wildman–Crippen MR) is 116 cm³/mol. The number of ketones is 1. The summed E-state index contributed by atoms with van der Waals surface area (Å²) in [7, 11) is 0. The number of hydrogen-bond acceptors (Lipinski definition) is 3. The minimum Gasteiger partial charge on any atom is -0.390 e. The number of hydrogen-bond donors (Lipinski definition) is 2. The molecule has 4 fully saturated rings. The Morgan fingerprint density at radius 3 is 2.41 bits per heavy atom. The topological polar surface area (TPSA) is 57.5 Å². The van der Waals surface area contributed by atoms with E-state index in [9.17, 15) is 15.0 Å². The van der Waals surface area contributed by atoms with Gasteiger partial charge in [-0.05, 0) is 91.3 Å². The van der Waals surface area contributed by atoms with Gasteiger partial charge in [0.05, 0.1) is 12.2 Å². The fourth-order valence-electron chi connectivity index (χ4n) is 9.01. The molecule has 0 radical (unpaired) electrons. The monoisotopic (exact) mass is 404 g/mol. The largest absolute Gasteiger partial charge is 0.390 e. The number of rotatable bonds is 4. The van der Waals surface area contributed by atoms with Crippen molar-refractivity contribution in [2.75, 3.05) is 0 Å². The van der Waals surface area contributed by atoms with Gasteiger partial charge in [-0.2, -0.15) is 0 Å². The standard InChI is InChI=1S/C26H44O3/c1-6-15(2)11-16(3)18-7-8-19-17-12-22(27)21-13-23(28)24(29)14-26(21,5)20(17)9-10-25(18,19)4/h15-21,23-24,28-29H,6-14H2,1-5H3/t15-,16+,17-,18+,19-,20-,21+,23-,24+,25+,26+/m0/s1. The fraction of sp³-hybridized carbons (Fsp3) is 0.962. The van der Waals surface area contributed by atoms with E-state index in [-0.39, 0.29) is 11.3 Å². The van der Waals surface area contributed by atoms with Crippen molar-refractivity contribution in [2.24, 2.45) is 52.3 Å². The van der Waals surface area contributed by atoms with Crippen LogP contribution in [0.1, 0.15) is 92.4 Å².